The largest absolute Gasteiger partial charge is 0.365 e. The van der Waals surface area contributed by atoms with Crippen LogP contribution in [-0.2, 0) is 6.54 Å². The number of benzene rings is 1. The first kappa shape index (κ1) is 7.12. The van der Waals surface area contributed by atoms with E-state index in [1.807, 2.05) is 6.07 Å². The quantitative estimate of drug-likeness (QED) is 0.647. The lowest BCUT2D eigenvalue weighted by atomic mass is 10.1. The van der Waals surface area contributed by atoms with Crippen molar-refractivity contribution in [1.82, 2.24) is 5.16 Å². The van der Waals surface area contributed by atoms with E-state index in [9.17, 15) is 4.79 Å². The molecule has 0 aliphatic carbocycles. The molecule has 1 heterocycles. The zero-order valence-electron chi connectivity index (χ0n) is 6.33. The molecule has 0 radical (unpaired) electrons. The standard InChI is InChI=1S/C8H8N2O2/c9-4-5-2-1-3-6-7(5)10-12-8(6)11/h1-3,10H,4,9H2. The van der Waals surface area contributed by atoms with E-state index >= 15 is 0 Å². The van der Waals surface area contributed by atoms with Crippen molar-refractivity contribution in [2.45, 2.75) is 6.54 Å². The monoisotopic (exact) mass is 164 g/mol. The van der Waals surface area contributed by atoms with Crippen molar-refractivity contribution in [2.75, 3.05) is 0 Å². The summed E-state index contributed by atoms with van der Waals surface area (Å²) in [6.45, 7) is 0.396. The summed E-state index contributed by atoms with van der Waals surface area (Å²) in [6, 6.07) is 5.35. The molecule has 0 unspecified atom stereocenters. The summed E-state index contributed by atoms with van der Waals surface area (Å²) in [5.41, 5.74) is 6.70. The van der Waals surface area contributed by atoms with Gasteiger partial charge in [-0.1, -0.05) is 12.1 Å². The molecule has 4 nitrogen and oxygen atoms in total. The highest BCUT2D eigenvalue weighted by Gasteiger charge is 2.04. The molecule has 2 rings (SSSR count). The zero-order chi connectivity index (χ0) is 8.55. The van der Waals surface area contributed by atoms with Crippen LogP contribution in [0.4, 0.5) is 0 Å². The molecule has 1 aromatic heterocycles. The molecule has 1 aromatic carbocycles. The van der Waals surface area contributed by atoms with Gasteiger partial charge < -0.3 is 10.3 Å². The third kappa shape index (κ3) is 0.853. The van der Waals surface area contributed by atoms with Gasteiger partial charge in [0, 0.05) is 6.54 Å². The number of rotatable bonds is 1. The number of para-hydroxylation sites is 1. The number of fused-ring (bicyclic) bond motifs is 1. The van der Waals surface area contributed by atoms with Crippen molar-refractivity contribution in [1.29, 1.82) is 0 Å². The van der Waals surface area contributed by atoms with Crippen molar-refractivity contribution in [2.24, 2.45) is 5.73 Å². The van der Waals surface area contributed by atoms with Crippen LogP contribution >= 0.6 is 0 Å². The summed E-state index contributed by atoms with van der Waals surface area (Å²) >= 11 is 0. The van der Waals surface area contributed by atoms with Gasteiger partial charge in [-0.25, -0.2) is 9.95 Å². The Kier molecular flexibility index (Phi) is 1.48. The number of hydrogen-bond donors (Lipinski definition) is 2. The smallest absolute Gasteiger partial charge is 0.338 e. The predicted octanol–water partition coefficient (Wildman–Crippen LogP) is 0.580. The van der Waals surface area contributed by atoms with Crippen LogP contribution in [0.5, 0.6) is 0 Å². The lowest BCUT2D eigenvalue weighted by Gasteiger charge is -1.94. The fourth-order valence-electron chi connectivity index (χ4n) is 1.21. The van der Waals surface area contributed by atoms with Gasteiger partial charge in [0.25, 0.3) is 0 Å². The third-order valence-electron chi connectivity index (χ3n) is 1.84. The Morgan fingerprint density at radius 1 is 1.50 bits per heavy atom. The van der Waals surface area contributed by atoms with E-state index in [0.29, 0.717) is 17.4 Å². The molecule has 12 heavy (non-hydrogen) atoms. The van der Waals surface area contributed by atoms with Crippen LogP contribution in [0.15, 0.2) is 27.5 Å². The molecule has 0 aliphatic rings. The lowest BCUT2D eigenvalue weighted by Crippen LogP contribution is -1.97. The zero-order valence-corrected chi connectivity index (χ0v) is 6.33. The van der Waals surface area contributed by atoms with Gasteiger partial charge in [-0.15, -0.1) is 0 Å². The van der Waals surface area contributed by atoms with Gasteiger partial charge in [-0.2, -0.15) is 0 Å². The van der Waals surface area contributed by atoms with Crippen molar-refractivity contribution in [3.8, 4) is 0 Å². The summed E-state index contributed by atoms with van der Waals surface area (Å²) in [5.74, 6) is 0. The van der Waals surface area contributed by atoms with Crippen LogP contribution in [0.3, 0.4) is 0 Å². The van der Waals surface area contributed by atoms with Gasteiger partial charge in [-0.3, -0.25) is 0 Å². The molecule has 2 aromatic rings. The van der Waals surface area contributed by atoms with Crippen molar-refractivity contribution >= 4 is 10.9 Å². The van der Waals surface area contributed by atoms with E-state index in [1.54, 1.807) is 12.1 Å². The molecule has 0 fully saturated rings. The first-order chi connectivity index (χ1) is 5.83. The number of aromatic nitrogens is 1. The number of aromatic amines is 1. The first-order valence-corrected chi connectivity index (χ1v) is 3.62. The van der Waals surface area contributed by atoms with Gasteiger partial charge in [0.15, 0.2) is 0 Å². The number of H-pyrrole nitrogens is 1. The fraction of sp³-hybridized carbons (Fsp3) is 0.125. The summed E-state index contributed by atoms with van der Waals surface area (Å²) in [6.07, 6.45) is 0. The highest BCUT2D eigenvalue weighted by Crippen LogP contribution is 2.12. The summed E-state index contributed by atoms with van der Waals surface area (Å²) in [7, 11) is 0. The van der Waals surface area contributed by atoms with E-state index < -0.39 is 0 Å². The van der Waals surface area contributed by atoms with Crippen molar-refractivity contribution < 1.29 is 4.52 Å². The van der Waals surface area contributed by atoms with E-state index in [2.05, 4.69) is 9.68 Å². The molecule has 0 spiro atoms. The minimum Gasteiger partial charge on any atom is -0.338 e. The predicted molar refractivity (Wildman–Crippen MR) is 44.7 cm³/mol. The van der Waals surface area contributed by atoms with Crippen LogP contribution in [0.25, 0.3) is 10.9 Å². The normalized spacial score (nSPS) is 10.8. The van der Waals surface area contributed by atoms with E-state index in [-0.39, 0.29) is 5.63 Å². The van der Waals surface area contributed by atoms with Crippen LogP contribution in [-0.4, -0.2) is 5.16 Å². The second kappa shape index (κ2) is 2.49. The molecule has 62 valence electrons. The average molecular weight is 164 g/mol. The topological polar surface area (TPSA) is 72.0 Å². The minimum atomic E-state index is -0.347. The Morgan fingerprint density at radius 3 is 3.08 bits per heavy atom. The maximum Gasteiger partial charge on any atom is 0.365 e. The number of nitrogens with one attached hydrogen (secondary N) is 1. The fourth-order valence-corrected chi connectivity index (χ4v) is 1.21. The molecule has 0 saturated heterocycles. The molecule has 3 N–H and O–H groups in total. The summed E-state index contributed by atoms with van der Waals surface area (Å²) < 4.78 is 4.62. The number of hydrogen-bond acceptors (Lipinski definition) is 3. The number of nitrogens with two attached hydrogens (primary N) is 1. The van der Waals surface area contributed by atoms with Gasteiger partial charge >= 0.3 is 5.63 Å². The second-order valence-electron chi connectivity index (χ2n) is 2.54. The second-order valence-corrected chi connectivity index (χ2v) is 2.54. The summed E-state index contributed by atoms with van der Waals surface area (Å²) in [4.78, 5) is 11.0. The molecule has 0 aliphatic heterocycles. The Hall–Kier alpha value is -1.55. The van der Waals surface area contributed by atoms with Crippen molar-refractivity contribution in [3.05, 3.63) is 34.2 Å². The minimum absolute atomic E-state index is 0.347. The van der Waals surface area contributed by atoms with Gasteiger partial charge in [0.2, 0.25) is 0 Å². The molecular weight excluding hydrogens is 156 g/mol. The molecule has 4 heteroatoms. The van der Waals surface area contributed by atoms with Crippen LogP contribution < -0.4 is 11.4 Å². The van der Waals surface area contributed by atoms with E-state index in [4.69, 9.17) is 5.73 Å². The van der Waals surface area contributed by atoms with Gasteiger partial charge in [0.05, 0.1) is 10.9 Å². The highest BCUT2D eigenvalue weighted by atomic mass is 16.5. The molecule has 0 bridgehead atoms. The highest BCUT2D eigenvalue weighted by molar-refractivity contribution is 5.80. The van der Waals surface area contributed by atoms with Crippen LogP contribution in [0.2, 0.25) is 0 Å². The Labute approximate surface area is 67.9 Å². The van der Waals surface area contributed by atoms with E-state index in [0.717, 1.165) is 5.56 Å². The van der Waals surface area contributed by atoms with E-state index in [1.165, 1.54) is 0 Å². The maximum atomic E-state index is 11.0. The summed E-state index contributed by atoms with van der Waals surface area (Å²) in [5, 5.41) is 3.09. The van der Waals surface area contributed by atoms with Crippen LogP contribution in [0, 0.1) is 0 Å². The Morgan fingerprint density at radius 2 is 2.33 bits per heavy atom. The van der Waals surface area contributed by atoms with Crippen molar-refractivity contribution in [3.63, 3.8) is 0 Å². The molecule has 0 amide bonds. The molecule has 0 saturated carbocycles. The first-order valence-electron chi connectivity index (χ1n) is 3.62. The maximum absolute atomic E-state index is 11.0. The lowest BCUT2D eigenvalue weighted by molar-refractivity contribution is 0.399. The third-order valence-corrected chi connectivity index (χ3v) is 1.84. The van der Waals surface area contributed by atoms with Crippen LogP contribution in [0.1, 0.15) is 5.56 Å². The Balaban J connectivity index is 2.90. The van der Waals surface area contributed by atoms with Gasteiger partial charge in [0.1, 0.15) is 0 Å². The Bertz CT molecular complexity index is 455. The molecule has 0 atom stereocenters. The molecular formula is C8H8N2O2. The van der Waals surface area contributed by atoms with Gasteiger partial charge in [-0.05, 0) is 11.6 Å². The average Bonchev–Trinajstić information content (AvgIpc) is 2.48. The SMILES string of the molecule is NCc1cccc2c(=O)o[nH]c12.